The van der Waals surface area contributed by atoms with Crippen LogP contribution in [0.1, 0.15) is 55.3 Å². The SMILES string of the molecule is Cl.c1ccc(C2CCCCN2N2CCC[C@H]2c2ccccc2)cc1. The van der Waals surface area contributed by atoms with Gasteiger partial charge in [0.05, 0.1) is 0 Å². The number of hydrogen-bond donors (Lipinski definition) is 0. The van der Waals surface area contributed by atoms with E-state index in [9.17, 15) is 0 Å². The molecule has 0 radical (unpaired) electrons. The molecule has 0 bridgehead atoms. The van der Waals surface area contributed by atoms with Gasteiger partial charge in [-0.2, -0.15) is 0 Å². The first-order chi connectivity index (χ1) is 11.4. The van der Waals surface area contributed by atoms with Gasteiger partial charge in [0.15, 0.2) is 0 Å². The van der Waals surface area contributed by atoms with Crippen LogP contribution in [0.25, 0.3) is 0 Å². The van der Waals surface area contributed by atoms with Crippen molar-refractivity contribution in [2.75, 3.05) is 13.1 Å². The van der Waals surface area contributed by atoms with Crippen LogP contribution < -0.4 is 0 Å². The molecule has 3 heteroatoms. The Morgan fingerprint density at radius 3 is 1.58 bits per heavy atom. The quantitative estimate of drug-likeness (QED) is 0.738. The summed E-state index contributed by atoms with van der Waals surface area (Å²) in [5, 5.41) is 5.36. The van der Waals surface area contributed by atoms with Crippen LogP contribution in [-0.2, 0) is 0 Å². The monoisotopic (exact) mass is 342 g/mol. The van der Waals surface area contributed by atoms with Gasteiger partial charge in [0.25, 0.3) is 0 Å². The van der Waals surface area contributed by atoms with Gasteiger partial charge in [-0.1, -0.05) is 67.1 Å². The summed E-state index contributed by atoms with van der Waals surface area (Å²) >= 11 is 0. The highest BCUT2D eigenvalue weighted by molar-refractivity contribution is 5.85. The number of halogens is 1. The minimum Gasteiger partial charge on any atom is -0.234 e. The zero-order valence-corrected chi connectivity index (χ0v) is 15.0. The highest BCUT2D eigenvalue weighted by Gasteiger charge is 2.35. The van der Waals surface area contributed by atoms with E-state index in [1.54, 1.807) is 0 Å². The lowest BCUT2D eigenvalue weighted by Crippen LogP contribution is -2.46. The molecule has 0 aromatic heterocycles. The fourth-order valence-corrected chi connectivity index (χ4v) is 4.31. The topological polar surface area (TPSA) is 6.48 Å². The van der Waals surface area contributed by atoms with E-state index in [1.807, 2.05) is 0 Å². The number of benzene rings is 2. The highest BCUT2D eigenvalue weighted by atomic mass is 35.5. The Morgan fingerprint density at radius 2 is 1.04 bits per heavy atom. The number of hydrogen-bond acceptors (Lipinski definition) is 2. The molecule has 2 aromatic rings. The molecule has 2 heterocycles. The summed E-state index contributed by atoms with van der Waals surface area (Å²) in [6.45, 7) is 2.39. The smallest absolute Gasteiger partial charge is 0.0496 e. The molecule has 2 fully saturated rings. The van der Waals surface area contributed by atoms with E-state index in [0.717, 1.165) is 0 Å². The molecule has 128 valence electrons. The molecule has 2 atom stereocenters. The van der Waals surface area contributed by atoms with Crippen LogP contribution in [0.3, 0.4) is 0 Å². The van der Waals surface area contributed by atoms with Gasteiger partial charge >= 0.3 is 0 Å². The van der Waals surface area contributed by atoms with Gasteiger partial charge in [-0.05, 0) is 36.8 Å². The van der Waals surface area contributed by atoms with E-state index < -0.39 is 0 Å². The molecule has 4 rings (SSSR count). The third-order valence-corrected chi connectivity index (χ3v) is 5.40. The fourth-order valence-electron chi connectivity index (χ4n) is 4.31. The average molecular weight is 343 g/mol. The molecular formula is C21H27ClN2. The Hall–Kier alpha value is -1.35. The molecule has 0 saturated carbocycles. The van der Waals surface area contributed by atoms with Crippen LogP contribution in [0.5, 0.6) is 0 Å². The van der Waals surface area contributed by atoms with Crippen molar-refractivity contribution in [2.45, 2.75) is 44.2 Å². The lowest BCUT2D eigenvalue weighted by molar-refractivity contribution is -0.0905. The minimum absolute atomic E-state index is 0. The summed E-state index contributed by atoms with van der Waals surface area (Å²) in [6.07, 6.45) is 6.53. The second kappa shape index (κ2) is 8.15. The molecule has 0 amide bonds. The predicted molar refractivity (Wildman–Crippen MR) is 102 cm³/mol. The first-order valence-electron chi connectivity index (χ1n) is 9.06. The lowest BCUT2D eigenvalue weighted by Gasteiger charge is -2.44. The van der Waals surface area contributed by atoms with Gasteiger partial charge in [0.1, 0.15) is 0 Å². The van der Waals surface area contributed by atoms with Crippen LogP contribution >= 0.6 is 12.4 Å². The van der Waals surface area contributed by atoms with Gasteiger partial charge in [-0.15, -0.1) is 12.4 Å². The van der Waals surface area contributed by atoms with E-state index in [1.165, 1.54) is 56.3 Å². The van der Waals surface area contributed by atoms with E-state index in [-0.39, 0.29) is 12.4 Å². The second-order valence-electron chi connectivity index (χ2n) is 6.82. The molecule has 24 heavy (non-hydrogen) atoms. The van der Waals surface area contributed by atoms with Crippen LogP contribution in [0, 0.1) is 0 Å². The van der Waals surface area contributed by atoms with Crippen LogP contribution in [-0.4, -0.2) is 23.1 Å². The summed E-state index contributed by atoms with van der Waals surface area (Å²) in [4.78, 5) is 0. The Labute approximate surface area is 151 Å². The zero-order valence-electron chi connectivity index (χ0n) is 14.2. The summed E-state index contributed by atoms with van der Waals surface area (Å²) in [5.41, 5.74) is 2.95. The van der Waals surface area contributed by atoms with Crippen LogP contribution in [0.15, 0.2) is 60.7 Å². The molecule has 0 spiro atoms. The number of rotatable bonds is 3. The van der Waals surface area contributed by atoms with Gasteiger partial charge in [0.2, 0.25) is 0 Å². The second-order valence-corrected chi connectivity index (χ2v) is 6.82. The number of piperidine rings is 1. The van der Waals surface area contributed by atoms with Crippen LogP contribution in [0.2, 0.25) is 0 Å². The predicted octanol–water partition coefficient (Wildman–Crippen LogP) is 5.39. The average Bonchev–Trinajstić information content (AvgIpc) is 3.13. The normalized spacial score (nSPS) is 25.3. The molecule has 0 N–H and O–H groups in total. The Morgan fingerprint density at radius 1 is 0.583 bits per heavy atom. The largest absolute Gasteiger partial charge is 0.234 e. The first kappa shape index (κ1) is 17.5. The van der Waals surface area contributed by atoms with Gasteiger partial charge < -0.3 is 0 Å². The molecule has 2 saturated heterocycles. The summed E-state index contributed by atoms with van der Waals surface area (Å²) in [5.74, 6) is 0. The summed E-state index contributed by atoms with van der Waals surface area (Å²) < 4.78 is 0. The molecule has 0 aliphatic carbocycles. The molecule has 2 aliphatic rings. The van der Waals surface area contributed by atoms with Crippen molar-refractivity contribution in [2.24, 2.45) is 0 Å². The van der Waals surface area contributed by atoms with Crippen molar-refractivity contribution in [3.8, 4) is 0 Å². The Balaban J connectivity index is 0.00000169. The summed E-state index contributed by atoms with van der Waals surface area (Å²) in [6, 6.07) is 23.3. The Kier molecular flexibility index (Phi) is 5.94. The molecule has 2 aromatic carbocycles. The molecule has 1 unspecified atom stereocenters. The van der Waals surface area contributed by atoms with Crippen molar-refractivity contribution in [1.29, 1.82) is 0 Å². The maximum Gasteiger partial charge on any atom is 0.0496 e. The fraction of sp³-hybridized carbons (Fsp3) is 0.429. The van der Waals surface area contributed by atoms with Crippen molar-refractivity contribution >= 4 is 12.4 Å². The zero-order chi connectivity index (χ0) is 15.5. The maximum atomic E-state index is 2.68. The van der Waals surface area contributed by atoms with Crippen molar-refractivity contribution in [3.63, 3.8) is 0 Å². The van der Waals surface area contributed by atoms with E-state index >= 15 is 0 Å². The van der Waals surface area contributed by atoms with Gasteiger partial charge in [-0.3, -0.25) is 0 Å². The van der Waals surface area contributed by atoms with Crippen molar-refractivity contribution in [1.82, 2.24) is 10.0 Å². The Bertz CT molecular complexity index is 616. The highest BCUT2D eigenvalue weighted by Crippen LogP contribution is 2.40. The number of nitrogens with zero attached hydrogens (tertiary/aromatic N) is 2. The first-order valence-corrected chi connectivity index (χ1v) is 9.06. The van der Waals surface area contributed by atoms with E-state index in [4.69, 9.17) is 0 Å². The standard InChI is InChI=1S/C21H26N2.ClH/c1-3-10-18(11-4-1)20-14-7-8-16-22(20)23-17-9-15-21(23)19-12-5-2-6-13-19;/h1-6,10-13,20-21H,7-9,14-17H2;1H/t20?,21-;/m0./s1. The number of hydrazine groups is 1. The van der Waals surface area contributed by atoms with Crippen LogP contribution in [0.4, 0.5) is 0 Å². The third-order valence-electron chi connectivity index (χ3n) is 5.40. The lowest BCUT2D eigenvalue weighted by atomic mass is 9.96. The van der Waals surface area contributed by atoms with E-state index in [2.05, 4.69) is 70.7 Å². The molecule has 2 aliphatic heterocycles. The molecular weight excluding hydrogens is 316 g/mol. The van der Waals surface area contributed by atoms with Gasteiger partial charge in [0, 0.05) is 25.2 Å². The maximum absolute atomic E-state index is 2.68. The van der Waals surface area contributed by atoms with Crippen molar-refractivity contribution in [3.05, 3.63) is 71.8 Å². The molecule has 2 nitrogen and oxygen atoms in total. The summed E-state index contributed by atoms with van der Waals surface area (Å²) in [7, 11) is 0. The van der Waals surface area contributed by atoms with E-state index in [0.29, 0.717) is 12.1 Å². The van der Waals surface area contributed by atoms with Crippen molar-refractivity contribution < 1.29 is 0 Å². The third kappa shape index (κ3) is 3.51. The van der Waals surface area contributed by atoms with Gasteiger partial charge in [-0.25, -0.2) is 10.0 Å². The minimum atomic E-state index is 0.